The number of hydrogen-bond acceptors (Lipinski definition) is 5. The molecular weight excluding hydrogens is 392 g/mol. The molecule has 0 amide bonds. The molecule has 0 atom stereocenters. The first kappa shape index (κ1) is 19.5. The Morgan fingerprint density at radius 2 is 1.96 bits per heavy atom. The molecule has 1 aromatic carbocycles. The van der Waals surface area contributed by atoms with Crippen molar-refractivity contribution in [3.63, 3.8) is 0 Å². The Hall–Kier alpha value is -1.28. The summed E-state index contributed by atoms with van der Waals surface area (Å²) < 4.78 is 32.2. The lowest BCUT2D eigenvalue weighted by Crippen LogP contribution is -2.35. The van der Waals surface area contributed by atoms with Gasteiger partial charge in [-0.1, -0.05) is 18.0 Å². The predicted molar refractivity (Wildman–Crippen MR) is 104 cm³/mol. The van der Waals surface area contributed by atoms with E-state index in [1.807, 2.05) is 12.1 Å². The molecule has 2 heterocycles. The number of sulfonamides is 1. The number of benzene rings is 1. The first-order chi connectivity index (χ1) is 12.5. The summed E-state index contributed by atoms with van der Waals surface area (Å²) in [4.78, 5) is 4.57. The third kappa shape index (κ3) is 4.52. The number of ether oxygens (including phenoxy) is 1. The highest BCUT2D eigenvalue weighted by atomic mass is 35.5. The molecule has 1 fully saturated rings. The quantitative estimate of drug-likeness (QED) is 0.665. The van der Waals surface area contributed by atoms with Gasteiger partial charge in [0, 0.05) is 35.6 Å². The van der Waals surface area contributed by atoms with Crippen molar-refractivity contribution < 1.29 is 13.2 Å². The van der Waals surface area contributed by atoms with Gasteiger partial charge in [-0.15, -0.1) is 11.8 Å². The molecule has 0 saturated carbocycles. The number of halogens is 1. The smallest absolute Gasteiger partial charge is 0.244 e. The molecule has 26 heavy (non-hydrogen) atoms. The Kier molecular flexibility index (Phi) is 6.45. The molecule has 8 heteroatoms. The molecule has 1 saturated heterocycles. The highest BCUT2D eigenvalue weighted by molar-refractivity contribution is 7.98. The summed E-state index contributed by atoms with van der Waals surface area (Å²) in [7, 11) is -1.82. The second-order valence-corrected chi connectivity index (χ2v) is 9.41. The van der Waals surface area contributed by atoms with Gasteiger partial charge in [0.2, 0.25) is 10.0 Å². The van der Waals surface area contributed by atoms with Crippen LogP contribution in [0.1, 0.15) is 24.8 Å². The van der Waals surface area contributed by atoms with Crippen LogP contribution in [0.2, 0.25) is 5.02 Å². The first-order valence-electron chi connectivity index (χ1n) is 8.42. The lowest BCUT2D eigenvalue weighted by Gasteiger charge is -2.25. The topological polar surface area (TPSA) is 59.5 Å². The average molecular weight is 413 g/mol. The molecule has 0 spiro atoms. The maximum absolute atomic E-state index is 12.6. The maximum atomic E-state index is 12.6. The monoisotopic (exact) mass is 412 g/mol. The van der Waals surface area contributed by atoms with Crippen LogP contribution in [0.3, 0.4) is 0 Å². The highest BCUT2D eigenvalue weighted by Gasteiger charge is 2.26. The molecule has 140 valence electrons. The predicted octanol–water partition coefficient (Wildman–Crippen LogP) is 4.21. The van der Waals surface area contributed by atoms with E-state index in [-0.39, 0.29) is 4.90 Å². The molecule has 1 aliphatic heterocycles. The van der Waals surface area contributed by atoms with Gasteiger partial charge >= 0.3 is 0 Å². The minimum Gasteiger partial charge on any atom is -0.496 e. The Bertz CT molecular complexity index is 851. The number of piperidine rings is 1. The fraction of sp³-hybridized carbons (Fsp3) is 0.389. The number of hydrogen-bond donors (Lipinski definition) is 0. The molecule has 5 nitrogen and oxygen atoms in total. The minimum atomic E-state index is -3.44. The third-order valence-electron chi connectivity index (χ3n) is 4.28. The molecule has 1 aromatic heterocycles. The van der Waals surface area contributed by atoms with Gasteiger partial charge in [0.25, 0.3) is 0 Å². The number of aromatic nitrogens is 1. The molecular formula is C18H21ClN2O3S2. The Labute approximate surface area is 163 Å². The summed E-state index contributed by atoms with van der Waals surface area (Å²) >= 11 is 7.56. The Morgan fingerprint density at radius 3 is 2.62 bits per heavy atom. The van der Waals surface area contributed by atoms with Gasteiger partial charge < -0.3 is 4.74 Å². The van der Waals surface area contributed by atoms with Gasteiger partial charge in [-0.2, -0.15) is 4.31 Å². The zero-order valence-corrected chi connectivity index (χ0v) is 16.9. The number of thioether (sulfide) groups is 1. The average Bonchev–Trinajstić information content (AvgIpc) is 2.67. The standard InChI is InChI=1S/C18H21ClN2O3S2/c1-24-17-7-5-15(19)11-14(17)13-25-18-8-6-16(12-20-18)26(22,23)21-9-3-2-4-10-21/h5-8,11-12H,2-4,9-10,13H2,1H3. The number of rotatable bonds is 6. The van der Waals surface area contributed by atoms with Crippen LogP contribution in [0.5, 0.6) is 5.75 Å². The molecule has 0 bridgehead atoms. The van der Waals surface area contributed by atoms with Crippen molar-refractivity contribution in [2.24, 2.45) is 0 Å². The molecule has 0 unspecified atom stereocenters. The second-order valence-electron chi connectivity index (χ2n) is 6.04. The summed E-state index contributed by atoms with van der Waals surface area (Å²) in [5.41, 5.74) is 0.969. The van der Waals surface area contributed by atoms with Gasteiger partial charge in [0.1, 0.15) is 10.6 Å². The largest absolute Gasteiger partial charge is 0.496 e. The number of methoxy groups -OCH3 is 1. The van der Waals surface area contributed by atoms with E-state index in [1.54, 1.807) is 29.6 Å². The number of nitrogens with zero attached hydrogens (tertiary/aromatic N) is 2. The van der Waals surface area contributed by atoms with E-state index in [0.717, 1.165) is 35.6 Å². The number of pyridine rings is 1. The lowest BCUT2D eigenvalue weighted by atomic mass is 10.2. The van der Waals surface area contributed by atoms with Crippen molar-refractivity contribution >= 4 is 33.4 Å². The normalized spacial score (nSPS) is 15.8. The third-order valence-corrected chi connectivity index (χ3v) is 7.39. The summed E-state index contributed by atoms with van der Waals surface area (Å²) in [6.45, 7) is 1.18. The van der Waals surface area contributed by atoms with Crippen LogP contribution in [0.4, 0.5) is 0 Å². The van der Waals surface area contributed by atoms with E-state index < -0.39 is 10.0 Å². The molecule has 0 N–H and O–H groups in total. The van der Waals surface area contributed by atoms with Gasteiger partial charge in [-0.05, 0) is 43.2 Å². The van der Waals surface area contributed by atoms with E-state index >= 15 is 0 Å². The van der Waals surface area contributed by atoms with E-state index in [2.05, 4.69) is 4.98 Å². The van der Waals surface area contributed by atoms with Crippen molar-refractivity contribution in [2.45, 2.75) is 34.9 Å². The van der Waals surface area contributed by atoms with Crippen molar-refractivity contribution in [1.29, 1.82) is 0 Å². The molecule has 3 rings (SSSR count). The second kappa shape index (κ2) is 8.61. The Morgan fingerprint density at radius 1 is 1.19 bits per heavy atom. The van der Waals surface area contributed by atoms with Gasteiger partial charge in [0.15, 0.2) is 0 Å². The zero-order valence-electron chi connectivity index (χ0n) is 14.5. The zero-order chi connectivity index (χ0) is 18.6. The van der Waals surface area contributed by atoms with Crippen LogP contribution < -0.4 is 4.74 Å². The summed E-state index contributed by atoms with van der Waals surface area (Å²) in [6, 6.07) is 8.86. The van der Waals surface area contributed by atoms with Crippen molar-refractivity contribution in [1.82, 2.24) is 9.29 Å². The molecule has 1 aliphatic rings. The van der Waals surface area contributed by atoms with Crippen LogP contribution in [0, 0.1) is 0 Å². The van der Waals surface area contributed by atoms with Gasteiger partial charge in [0.05, 0.1) is 12.1 Å². The van der Waals surface area contributed by atoms with Crippen LogP contribution >= 0.6 is 23.4 Å². The summed E-state index contributed by atoms with van der Waals surface area (Å²) in [6.07, 6.45) is 4.37. The fourth-order valence-electron chi connectivity index (χ4n) is 2.87. The first-order valence-corrected chi connectivity index (χ1v) is 11.2. The summed E-state index contributed by atoms with van der Waals surface area (Å²) in [5.74, 6) is 1.40. The van der Waals surface area contributed by atoms with Crippen LogP contribution in [0.15, 0.2) is 46.5 Å². The van der Waals surface area contributed by atoms with Crippen molar-refractivity contribution in [3.8, 4) is 5.75 Å². The van der Waals surface area contributed by atoms with Crippen LogP contribution in [-0.4, -0.2) is 37.9 Å². The maximum Gasteiger partial charge on any atom is 0.244 e. The van der Waals surface area contributed by atoms with E-state index in [9.17, 15) is 8.42 Å². The molecule has 2 aromatic rings. The summed E-state index contributed by atoms with van der Waals surface area (Å²) in [5, 5.41) is 1.40. The van der Waals surface area contributed by atoms with Crippen molar-refractivity contribution in [3.05, 3.63) is 47.1 Å². The lowest BCUT2D eigenvalue weighted by molar-refractivity contribution is 0.346. The molecule has 0 radical (unpaired) electrons. The van der Waals surface area contributed by atoms with Crippen molar-refractivity contribution in [2.75, 3.05) is 20.2 Å². The van der Waals surface area contributed by atoms with E-state index in [4.69, 9.17) is 16.3 Å². The minimum absolute atomic E-state index is 0.254. The van der Waals surface area contributed by atoms with Crippen LogP contribution in [-0.2, 0) is 15.8 Å². The van der Waals surface area contributed by atoms with Crippen LogP contribution in [0.25, 0.3) is 0 Å². The van der Waals surface area contributed by atoms with E-state index in [1.165, 1.54) is 18.0 Å². The molecule has 0 aliphatic carbocycles. The van der Waals surface area contributed by atoms with Gasteiger partial charge in [-0.25, -0.2) is 13.4 Å². The SMILES string of the molecule is COc1ccc(Cl)cc1CSc1ccc(S(=O)(=O)N2CCCCC2)cn1. The fourth-order valence-corrected chi connectivity index (χ4v) is 5.35. The van der Waals surface area contributed by atoms with Gasteiger partial charge in [-0.3, -0.25) is 0 Å². The highest BCUT2D eigenvalue weighted by Crippen LogP contribution is 2.30. The van der Waals surface area contributed by atoms with E-state index in [0.29, 0.717) is 23.9 Å². The Balaban J connectivity index is 1.69.